The molecule has 0 aliphatic carbocycles. The monoisotopic (exact) mass is 207 g/mol. The minimum atomic E-state index is -0.411. The Morgan fingerprint density at radius 1 is 1.47 bits per heavy atom. The average Bonchev–Trinajstić information content (AvgIpc) is 2.56. The predicted molar refractivity (Wildman–Crippen MR) is 56.1 cm³/mol. The number of hydrogen-bond acceptors (Lipinski definition) is 3. The first-order chi connectivity index (χ1) is 7.15. The van der Waals surface area contributed by atoms with Crippen molar-refractivity contribution in [3.05, 3.63) is 23.8 Å². The molecule has 1 aromatic rings. The van der Waals surface area contributed by atoms with Gasteiger partial charge in [-0.1, -0.05) is 6.07 Å². The molecule has 2 rings (SSSR count). The largest absolute Gasteiger partial charge is 0.449 e. The van der Waals surface area contributed by atoms with Gasteiger partial charge in [0, 0.05) is 0 Å². The molecule has 0 bridgehead atoms. The molecular formula is C10H13N3O2. The van der Waals surface area contributed by atoms with Crippen molar-refractivity contribution in [3.8, 4) is 11.5 Å². The number of benzene rings is 1. The average molecular weight is 207 g/mol. The third kappa shape index (κ3) is 2.12. The molecule has 1 atom stereocenters. The highest BCUT2D eigenvalue weighted by Crippen LogP contribution is 2.34. The third-order valence-corrected chi connectivity index (χ3v) is 2.08. The van der Waals surface area contributed by atoms with E-state index in [0.29, 0.717) is 6.54 Å². The van der Waals surface area contributed by atoms with Gasteiger partial charge in [-0.05, 0) is 24.6 Å². The Balaban J connectivity index is 2.00. The molecule has 15 heavy (non-hydrogen) atoms. The van der Waals surface area contributed by atoms with Crippen molar-refractivity contribution in [1.82, 2.24) is 5.32 Å². The fourth-order valence-electron chi connectivity index (χ4n) is 1.39. The topological polar surface area (TPSA) is 80.4 Å². The molecule has 0 aromatic heterocycles. The van der Waals surface area contributed by atoms with Crippen molar-refractivity contribution in [1.29, 1.82) is 5.41 Å². The van der Waals surface area contributed by atoms with Crippen LogP contribution < -0.4 is 20.5 Å². The molecule has 5 heteroatoms. The van der Waals surface area contributed by atoms with Crippen LogP contribution in [0.1, 0.15) is 5.56 Å². The maximum atomic E-state index is 7.01. The maximum Gasteiger partial charge on any atom is 0.258 e. The first kappa shape index (κ1) is 9.64. The van der Waals surface area contributed by atoms with Crippen LogP contribution in [-0.2, 0) is 0 Å². The van der Waals surface area contributed by atoms with E-state index in [1.807, 2.05) is 25.1 Å². The summed E-state index contributed by atoms with van der Waals surface area (Å²) >= 11 is 0. The molecule has 0 radical (unpaired) electrons. The third-order valence-electron chi connectivity index (χ3n) is 2.08. The Kier molecular flexibility index (Phi) is 2.37. The zero-order valence-electron chi connectivity index (χ0n) is 8.41. The first-order valence-corrected chi connectivity index (χ1v) is 4.67. The molecule has 0 saturated heterocycles. The summed E-state index contributed by atoms with van der Waals surface area (Å²) in [6, 6.07) is 5.75. The molecule has 0 amide bonds. The fourth-order valence-corrected chi connectivity index (χ4v) is 1.39. The lowest BCUT2D eigenvalue weighted by atomic mass is 10.2. The van der Waals surface area contributed by atoms with Gasteiger partial charge in [0.1, 0.15) is 0 Å². The lowest BCUT2D eigenvalue weighted by Gasteiger charge is -2.10. The predicted octanol–water partition coefficient (Wildman–Crippen LogP) is 0.575. The Morgan fingerprint density at radius 3 is 2.93 bits per heavy atom. The lowest BCUT2D eigenvalue weighted by Crippen LogP contribution is -2.39. The Bertz CT molecular complexity index is 392. The second kappa shape index (κ2) is 3.68. The van der Waals surface area contributed by atoms with E-state index in [1.165, 1.54) is 0 Å². The van der Waals surface area contributed by atoms with E-state index in [-0.39, 0.29) is 5.96 Å². The van der Waals surface area contributed by atoms with Crippen LogP contribution in [0, 0.1) is 12.3 Å². The van der Waals surface area contributed by atoms with E-state index in [9.17, 15) is 0 Å². The number of rotatable bonds is 2. The Hall–Kier alpha value is -1.91. The zero-order chi connectivity index (χ0) is 10.8. The van der Waals surface area contributed by atoms with Crippen molar-refractivity contribution < 1.29 is 9.47 Å². The van der Waals surface area contributed by atoms with Crippen molar-refractivity contribution in [2.75, 3.05) is 6.54 Å². The van der Waals surface area contributed by atoms with Gasteiger partial charge in [0.2, 0.25) is 0 Å². The number of fused-ring (bicyclic) bond motifs is 1. The minimum Gasteiger partial charge on any atom is -0.449 e. The van der Waals surface area contributed by atoms with Gasteiger partial charge in [-0.3, -0.25) is 5.41 Å². The van der Waals surface area contributed by atoms with Gasteiger partial charge in [0.15, 0.2) is 17.5 Å². The van der Waals surface area contributed by atoms with Crippen LogP contribution in [0.3, 0.4) is 0 Å². The smallest absolute Gasteiger partial charge is 0.258 e. The molecular weight excluding hydrogens is 194 g/mol. The summed E-state index contributed by atoms with van der Waals surface area (Å²) in [5.74, 6) is 1.38. The summed E-state index contributed by atoms with van der Waals surface area (Å²) in [4.78, 5) is 0. The number of nitrogens with two attached hydrogens (primary N) is 1. The minimum absolute atomic E-state index is 0.0886. The van der Waals surface area contributed by atoms with E-state index in [1.54, 1.807) is 0 Å². The number of hydrogen-bond donors (Lipinski definition) is 3. The van der Waals surface area contributed by atoms with Crippen LogP contribution in [0.4, 0.5) is 0 Å². The standard InChI is InChI=1S/C10H13N3O2/c1-6-2-3-7-8(4-6)15-9(14-7)5-13-10(11)12/h2-4,9H,5H2,1H3,(H4,11,12,13). The van der Waals surface area contributed by atoms with Gasteiger partial charge in [-0.15, -0.1) is 0 Å². The Morgan fingerprint density at radius 2 is 2.20 bits per heavy atom. The van der Waals surface area contributed by atoms with Crippen molar-refractivity contribution >= 4 is 5.96 Å². The molecule has 1 aliphatic rings. The second-order valence-corrected chi connectivity index (χ2v) is 3.41. The zero-order valence-corrected chi connectivity index (χ0v) is 8.41. The molecule has 1 aromatic carbocycles. The SMILES string of the molecule is Cc1ccc2c(c1)OC(CNC(=N)N)O2. The van der Waals surface area contributed by atoms with E-state index in [2.05, 4.69) is 5.32 Å². The summed E-state index contributed by atoms with van der Waals surface area (Å²) in [7, 11) is 0. The molecule has 80 valence electrons. The highest BCUT2D eigenvalue weighted by atomic mass is 16.7. The summed E-state index contributed by atoms with van der Waals surface area (Å²) < 4.78 is 11.0. The quantitative estimate of drug-likeness (QED) is 0.489. The van der Waals surface area contributed by atoms with E-state index in [0.717, 1.165) is 17.1 Å². The maximum absolute atomic E-state index is 7.01. The van der Waals surface area contributed by atoms with Crippen LogP contribution in [-0.4, -0.2) is 18.8 Å². The molecule has 1 aliphatic heterocycles. The van der Waals surface area contributed by atoms with Crippen LogP contribution in [0.15, 0.2) is 18.2 Å². The molecule has 5 nitrogen and oxygen atoms in total. The van der Waals surface area contributed by atoms with Gasteiger partial charge >= 0.3 is 0 Å². The molecule has 0 saturated carbocycles. The van der Waals surface area contributed by atoms with Gasteiger partial charge in [-0.2, -0.15) is 0 Å². The molecule has 1 heterocycles. The Labute approximate surface area is 87.7 Å². The second-order valence-electron chi connectivity index (χ2n) is 3.41. The number of nitrogens with one attached hydrogen (secondary N) is 2. The number of guanidine groups is 1. The first-order valence-electron chi connectivity index (χ1n) is 4.67. The van der Waals surface area contributed by atoms with Crippen molar-refractivity contribution in [2.45, 2.75) is 13.2 Å². The molecule has 1 unspecified atom stereocenters. The highest BCUT2D eigenvalue weighted by molar-refractivity contribution is 5.74. The summed E-state index contributed by atoms with van der Waals surface area (Å²) in [6.07, 6.45) is -0.411. The van der Waals surface area contributed by atoms with Crippen molar-refractivity contribution in [2.24, 2.45) is 5.73 Å². The van der Waals surface area contributed by atoms with E-state index < -0.39 is 6.29 Å². The van der Waals surface area contributed by atoms with Crippen LogP contribution in [0.5, 0.6) is 11.5 Å². The number of ether oxygens (including phenoxy) is 2. The fraction of sp³-hybridized carbons (Fsp3) is 0.300. The lowest BCUT2D eigenvalue weighted by molar-refractivity contribution is 0.0538. The van der Waals surface area contributed by atoms with Gasteiger partial charge in [0.05, 0.1) is 6.54 Å². The van der Waals surface area contributed by atoms with Gasteiger partial charge in [0.25, 0.3) is 6.29 Å². The molecule has 4 N–H and O–H groups in total. The number of aryl methyl sites for hydroxylation is 1. The van der Waals surface area contributed by atoms with Crippen LogP contribution >= 0.6 is 0 Å². The summed E-state index contributed by atoms with van der Waals surface area (Å²) in [5, 5.41) is 9.66. The van der Waals surface area contributed by atoms with Gasteiger partial charge < -0.3 is 20.5 Å². The molecule has 0 fully saturated rings. The highest BCUT2D eigenvalue weighted by Gasteiger charge is 2.23. The van der Waals surface area contributed by atoms with Crippen LogP contribution in [0.2, 0.25) is 0 Å². The molecule has 0 spiro atoms. The van der Waals surface area contributed by atoms with Gasteiger partial charge in [-0.25, -0.2) is 0 Å². The van der Waals surface area contributed by atoms with Crippen molar-refractivity contribution in [3.63, 3.8) is 0 Å². The normalized spacial score (nSPS) is 17.5. The summed E-state index contributed by atoms with van der Waals surface area (Å²) in [5.41, 5.74) is 6.28. The van der Waals surface area contributed by atoms with Crippen LogP contribution in [0.25, 0.3) is 0 Å². The van der Waals surface area contributed by atoms with E-state index >= 15 is 0 Å². The van der Waals surface area contributed by atoms with E-state index in [4.69, 9.17) is 20.6 Å². The summed E-state index contributed by atoms with van der Waals surface area (Å²) in [6.45, 7) is 2.36.